The third-order valence-corrected chi connectivity index (χ3v) is 5.73. The van der Waals surface area contributed by atoms with Crippen LogP contribution in [0.4, 0.5) is 10.1 Å². The Hall–Kier alpha value is -1.97. The first-order chi connectivity index (χ1) is 11.3. The van der Waals surface area contributed by atoms with E-state index in [4.69, 9.17) is 0 Å². The van der Waals surface area contributed by atoms with Crippen molar-refractivity contribution in [3.63, 3.8) is 0 Å². The van der Waals surface area contributed by atoms with Crippen molar-refractivity contribution >= 4 is 33.4 Å². The van der Waals surface area contributed by atoms with Crippen LogP contribution >= 0.6 is 11.8 Å². The standard InChI is InChI=1S/C15H16FN3O3S2/c1-19(2)24(21,22)11-7-8-15(17-9-11)23-10-14(20)18-13-6-4-3-5-12(13)16/h3-9H,10H2,1-2H3,(H,18,20). The maximum Gasteiger partial charge on any atom is 0.244 e. The highest BCUT2D eigenvalue weighted by atomic mass is 32.2. The van der Waals surface area contributed by atoms with Crippen LogP contribution in [0.1, 0.15) is 0 Å². The first kappa shape index (κ1) is 18.4. The number of hydrogen-bond acceptors (Lipinski definition) is 5. The average Bonchev–Trinajstić information content (AvgIpc) is 2.55. The van der Waals surface area contributed by atoms with Crippen molar-refractivity contribution in [3.8, 4) is 0 Å². The van der Waals surface area contributed by atoms with Crippen molar-refractivity contribution in [1.82, 2.24) is 9.29 Å². The van der Waals surface area contributed by atoms with Crippen molar-refractivity contribution in [1.29, 1.82) is 0 Å². The molecule has 6 nitrogen and oxygen atoms in total. The van der Waals surface area contributed by atoms with E-state index in [9.17, 15) is 17.6 Å². The number of rotatable bonds is 6. The zero-order valence-electron chi connectivity index (χ0n) is 13.1. The third kappa shape index (κ3) is 4.53. The molecule has 1 amide bonds. The number of carbonyl (C=O) groups is 1. The zero-order chi connectivity index (χ0) is 17.7. The lowest BCUT2D eigenvalue weighted by Gasteiger charge is -2.11. The van der Waals surface area contributed by atoms with E-state index in [0.717, 1.165) is 16.1 Å². The minimum atomic E-state index is -3.53. The highest BCUT2D eigenvalue weighted by Crippen LogP contribution is 2.19. The Bertz CT molecular complexity index is 824. The Kier molecular flexibility index (Phi) is 5.92. The van der Waals surface area contributed by atoms with Gasteiger partial charge in [-0.05, 0) is 24.3 Å². The van der Waals surface area contributed by atoms with Gasteiger partial charge in [-0.3, -0.25) is 4.79 Å². The molecule has 1 N–H and O–H groups in total. The normalized spacial score (nSPS) is 11.5. The molecule has 0 radical (unpaired) electrons. The fourth-order valence-corrected chi connectivity index (χ4v) is 3.19. The predicted octanol–water partition coefficient (Wildman–Crippen LogP) is 2.20. The number of nitrogens with zero attached hydrogens (tertiary/aromatic N) is 2. The first-order valence-electron chi connectivity index (χ1n) is 6.86. The summed E-state index contributed by atoms with van der Waals surface area (Å²) < 4.78 is 38.4. The number of halogens is 1. The van der Waals surface area contributed by atoms with Crippen LogP contribution in [-0.2, 0) is 14.8 Å². The molecule has 2 rings (SSSR count). The number of para-hydroxylation sites is 1. The van der Waals surface area contributed by atoms with Gasteiger partial charge in [0.1, 0.15) is 10.7 Å². The molecule has 0 unspecified atom stereocenters. The number of hydrogen-bond donors (Lipinski definition) is 1. The van der Waals surface area contributed by atoms with Gasteiger partial charge >= 0.3 is 0 Å². The van der Waals surface area contributed by atoms with Gasteiger partial charge in [0.05, 0.1) is 16.5 Å². The van der Waals surface area contributed by atoms with Gasteiger partial charge < -0.3 is 5.32 Å². The second kappa shape index (κ2) is 7.73. The van der Waals surface area contributed by atoms with Gasteiger partial charge in [0, 0.05) is 20.3 Å². The largest absolute Gasteiger partial charge is 0.323 e. The lowest BCUT2D eigenvalue weighted by atomic mass is 10.3. The number of sulfonamides is 1. The molecule has 0 saturated carbocycles. The summed E-state index contributed by atoms with van der Waals surface area (Å²) >= 11 is 1.13. The van der Waals surface area contributed by atoms with Crippen LogP contribution < -0.4 is 5.32 Å². The van der Waals surface area contributed by atoms with Crippen LogP contribution in [0.15, 0.2) is 52.5 Å². The first-order valence-corrected chi connectivity index (χ1v) is 9.29. The Morgan fingerprint density at radius 1 is 1.25 bits per heavy atom. The van der Waals surface area contributed by atoms with Crippen molar-refractivity contribution < 1.29 is 17.6 Å². The summed E-state index contributed by atoms with van der Waals surface area (Å²) in [6.07, 6.45) is 1.24. The van der Waals surface area contributed by atoms with E-state index in [1.807, 2.05) is 0 Å². The third-order valence-electron chi connectivity index (χ3n) is 2.99. The molecule has 2 aromatic rings. The van der Waals surface area contributed by atoms with E-state index < -0.39 is 15.8 Å². The highest BCUT2D eigenvalue weighted by Gasteiger charge is 2.17. The van der Waals surface area contributed by atoms with Crippen molar-refractivity contribution in [3.05, 3.63) is 48.4 Å². The topological polar surface area (TPSA) is 79.4 Å². The van der Waals surface area contributed by atoms with E-state index in [-0.39, 0.29) is 22.2 Å². The van der Waals surface area contributed by atoms with Crippen molar-refractivity contribution in [2.24, 2.45) is 0 Å². The quantitative estimate of drug-likeness (QED) is 0.790. The number of amides is 1. The maximum absolute atomic E-state index is 13.4. The van der Waals surface area contributed by atoms with Gasteiger partial charge in [-0.2, -0.15) is 0 Å². The summed E-state index contributed by atoms with van der Waals surface area (Å²) in [5.41, 5.74) is 0.114. The van der Waals surface area contributed by atoms with E-state index >= 15 is 0 Å². The number of thioether (sulfide) groups is 1. The molecular formula is C15H16FN3O3S2. The number of carbonyl (C=O) groups excluding carboxylic acids is 1. The molecule has 0 bridgehead atoms. The molecule has 9 heteroatoms. The molecule has 0 aliphatic rings. The van der Waals surface area contributed by atoms with Gasteiger partial charge in [-0.25, -0.2) is 22.1 Å². The number of pyridine rings is 1. The fourth-order valence-electron chi connectivity index (χ4n) is 1.70. The zero-order valence-corrected chi connectivity index (χ0v) is 14.7. The molecule has 1 heterocycles. The molecule has 1 aromatic carbocycles. The minimum absolute atomic E-state index is 0.0289. The molecule has 0 fully saturated rings. The number of aromatic nitrogens is 1. The number of benzene rings is 1. The minimum Gasteiger partial charge on any atom is -0.323 e. The molecule has 0 spiro atoms. The summed E-state index contributed by atoms with van der Waals surface area (Å²) in [6, 6.07) is 8.84. The highest BCUT2D eigenvalue weighted by molar-refractivity contribution is 7.99. The molecule has 0 aliphatic carbocycles. The molecular weight excluding hydrogens is 353 g/mol. The van der Waals surface area contributed by atoms with Crippen LogP contribution in [-0.4, -0.2) is 43.5 Å². The predicted molar refractivity (Wildman–Crippen MR) is 90.9 cm³/mol. The number of anilines is 1. The summed E-state index contributed by atoms with van der Waals surface area (Å²) in [6.45, 7) is 0. The Balaban J connectivity index is 1.95. The summed E-state index contributed by atoms with van der Waals surface area (Å²) in [5.74, 6) is -0.856. The van der Waals surface area contributed by atoms with Crippen LogP contribution in [0.3, 0.4) is 0 Å². The lowest BCUT2D eigenvalue weighted by Crippen LogP contribution is -2.22. The second-order valence-electron chi connectivity index (χ2n) is 4.94. The molecule has 0 saturated heterocycles. The van der Waals surface area contributed by atoms with Gasteiger partial charge in [0.2, 0.25) is 15.9 Å². The van der Waals surface area contributed by atoms with Crippen molar-refractivity contribution in [2.45, 2.75) is 9.92 Å². The second-order valence-corrected chi connectivity index (χ2v) is 8.08. The summed E-state index contributed by atoms with van der Waals surface area (Å²) in [5, 5.41) is 2.96. The Morgan fingerprint density at radius 2 is 1.96 bits per heavy atom. The summed E-state index contributed by atoms with van der Waals surface area (Å²) in [4.78, 5) is 15.9. The molecule has 128 valence electrons. The molecule has 0 aliphatic heterocycles. The average molecular weight is 369 g/mol. The van der Waals surface area contributed by atoms with Crippen LogP contribution in [0.5, 0.6) is 0 Å². The Morgan fingerprint density at radius 3 is 2.54 bits per heavy atom. The molecule has 0 atom stereocenters. The SMILES string of the molecule is CN(C)S(=O)(=O)c1ccc(SCC(=O)Nc2ccccc2F)nc1. The van der Waals surface area contributed by atoms with Crippen LogP contribution in [0, 0.1) is 5.82 Å². The fraction of sp³-hybridized carbons (Fsp3) is 0.200. The molecule has 1 aromatic heterocycles. The summed E-state index contributed by atoms with van der Waals surface area (Å²) in [7, 11) is -0.659. The Labute approximate surface area is 144 Å². The van der Waals surface area contributed by atoms with Crippen LogP contribution in [0.2, 0.25) is 0 Å². The van der Waals surface area contributed by atoms with Gasteiger partial charge in [0.15, 0.2) is 0 Å². The van der Waals surface area contributed by atoms with Gasteiger partial charge in [0.25, 0.3) is 0 Å². The van der Waals surface area contributed by atoms with Gasteiger partial charge in [-0.15, -0.1) is 0 Å². The monoisotopic (exact) mass is 369 g/mol. The lowest BCUT2D eigenvalue weighted by molar-refractivity contribution is -0.113. The van der Waals surface area contributed by atoms with Crippen molar-refractivity contribution in [2.75, 3.05) is 25.2 Å². The maximum atomic E-state index is 13.4. The van der Waals surface area contributed by atoms with Gasteiger partial charge in [-0.1, -0.05) is 23.9 Å². The molecule has 24 heavy (non-hydrogen) atoms. The van der Waals surface area contributed by atoms with E-state index in [2.05, 4.69) is 10.3 Å². The van der Waals surface area contributed by atoms with E-state index in [0.29, 0.717) is 5.03 Å². The number of nitrogens with one attached hydrogen (secondary N) is 1. The smallest absolute Gasteiger partial charge is 0.244 e. The van der Waals surface area contributed by atoms with E-state index in [1.54, 1.807) is 6.07 Å². The van der Waals surface area contributed by atoms with E-state index in [1.165, 1.54) is 50.6 Å². The van der Waals surface area contributed by atoms with Crippen LogP contribution in [0.25, 0.3) is 0 Å².